The van der Waals surface area contributed by atoms with Gasteiger partial charge in [0.15, 0.2) is 0 Å². The predicted octanol–water partition coefficient (Wildman–Crippen LogP) is 2.87. The predicted molar refractivity (Wildman–Crippen MR) is 82.9 cm³/mol. The topological polar surface area (TPSA) is 29.0 Å². The number of fused-ring (bicyclic) bond motifs is 1. The number of aromatic nitrogens is 2. The van der Waals surface area contributed by atoms with Gasteiger partial charge in [0.05, 0.1) is 0 Å². The summed E-state index contributed by atoms with van der Waals surface area (Å²) in [7, 11) is 0. The van der Waals surface area contributed by atoms with Crippen LogP contribution in [-0.4, -0.2) is 22.6 Å². The molecular weight excluding hydrogens is 258 g/mol. The summed E-state index contributed by atoms with van der Waals surface area (Å²) in [6, 6.07) is 8.76. The van der Waals surface area contributed by atoms with Crippen molar-refractivity contribution in [2.24, 2.45) is 5.92 Å². The Balaban J connectivity index is 1.48. The summed E-state index contributed by atoms with van der Waals surface area (Å²) in [5, 5.41) is 0. The Morgan fingerprint density at radius 2 is 1.95 bits per heavy atom. The molecule has 2 aromatic rings. The first-order chi connectivity index (χ1) is 10.4. The molecule has 4 rings (SSSR count). The van der Waals surface area contributed by atoms with Gasteiger partial charge < -0.3 is 4.90 Å². The molecule has 2 unspecified atom stereocenters. The van der Waals surface area contributed by atoms with Crippen molar-refractivity contribution in [3.63, 3.8) is 0 Å². The van der Waals surface area contributed by atoms with Gasteiger partial charge in [-0.1, -0.05) is 18.3 Å². The fourth-order valence-corrected chi connectivity index (χ4v) is 3.36. The summed E-state index contributed by atoms with van der Waals surface area (Å²) in [5.74, 6) is 8.26. The van der Waals surface area contributed by atoms with E-state index < -0.39 is 0 Å². The molecule has 0 spiro atoms. The van der Waals surface area contributed by atoms with Gasteiger partial charge in [-0.3, -0.25) is 4.98 Å². The smallest absolute Gasteiger partial charge is 0.128 e. The van der Waals surface area contributed by atoms with E-state index in [1.54, 1.807) is 12.4 Å². The molecule has 0 bridgehead atoms. The van der Waals surface area contributed by atoms with Crippen molar-refractivity contribution in [2.75, 3.05) is 11.4 Å². The molecule has 1 saturated carbocycles. The summed E-state index contributed by atoms with van der Waals surface area (Å²) in [6.45, 7) is 1.18. The maximum absolute atomic E-state index is 4.58. The van der Waals surface area contributed by atoms with Crippen molar-refractivity contribution in [1.29, 1.82) is 0 Å². The highest BCUT2D eigenvalue weighted by molar-refractivity contribution is 5.48. The Morgan fingerprint density at radius 3 is 2.67 bits per heavy atom. The number of pyridine rings is 2. The summed E-state index contributed by atoms with van der Waals surface area (Å²) in [6.07, 6.45) is 9.51. The van der Waals surface area contributed by atoms with E-state index in [-0.39, 0.29) is 0 Å². The fraction of sp³-hybridized carbons (Fsp3) is 0.333. The normalized spacial score (nSPS) is 23.0. The molecule has 0 radical (unpaired) electrons. The Hall–Kier alpha value is -2.34. The lowest BCUT2D eigenvalue weighted by molar-refractivity contribution is 0.336. The summed E-state index contributed by atoms with van der Waals surface area (Å²) >= 11 is 0. The Morgan fingerprint density at radius 1 is 1.05 bits per heavy atom. The van der Waals surface area contributed by atoms with Crippen molar-refractivity contribution >= 4 is 5.82 Å². The van der Waals surface area contributed by atoms with Crippen LogP contribution in [0.5, 0.6) is 0 Å². The van der Waals surface area contributed by atoms with E-state index in [9.17, 15) is 0 Å². The van der Waals surface area contributed by atoms with Crippen LogP contribution in [-0.2, 0) is 0 Å². The molecule has 0 N–H and O–H groups in total. The Kier molecular flexibility index (Phi) is 3.08. The molecule has 0 aromatic carbocycles. The first-order valence-corrected chi connectivity index (χ1v) is 7.55. The summed E-state index contributed by atoms with van der Waals surface area (Å²) < 4.78 is 0. The largest absolute Gasteiger partial charge is 0.353 e. The number of nitrogens with zero attached hydrogens (tertiary/aromatic N) is 3. The molecule has 3 heterocycles. The molecule has 3 heteroatoms. The third kappa shape index (κ3) is 2.38. The number of rotatable bonds is 1. The highest BCUT2D eigenvalue weighted by Crippen LogP contribution is 2.40. The van der Waals surface area contributed by atoms with E-state index in [1.807, 2.05) is 18.3 Å². The lowest BCUT2D eigenvalue weighted by atomic mass is 9.92. The van der Waals surface area contributed by atoms with Crippen LogP contribution in [0.1, 0.15) is 30.4 Å². The SMILES string of the molecule is C(#Cc1ccc(N2CC3CCCC32)nc1)c1cccnc1. The van der Waals surface area contributed by atoms with Crippen LogP contribution < -0.4 is 4.90 Å². The molecule has 1 aliphatic heterocycles. The lowest BCUT2D eigenvalue weighted by Gasteiger charge is -2.45. The molecule has 1 saturated heterocycles. The van der Waals surface area contributed by atoms with Crippen molar-refractivity contribution in [3.05, 3.63) is 54.0 Å². The molecule has 2 atom stereocenters. The Bertz CT molecular complexity index is 682. The quantitative estimate of drug-likeness (QED) is 0.749. The van der Waals surface area contributed by atoms with Gasteiger partial charge >= 0.3 is 0 Å². The number of hydrogen-bond acceptors (Lipinski definition) is 3. The van der Waals surface area contributed by atoms with Crippen molar-refractivity contribution in [2.45, 2.75) is 25.3 Å². The van der Waals surface area contributed by atoms with E-state index in [1.165, 1.54) is 25.8 Å². The van der Waals surface area contributed by atoms with E-state index >= 15 is 0 Å². The summed E-state index contributed by atoms with van der Waals surface area (Å²) in [5.41, 5.74) is 1.88. The highest BCUT2D eigenvalue weighted by Gasteiger charge is 2.42. The zero-order chi connectivity index (χ0) is 14.1. The molecule has 2 aromatic heterocycles. The minimum absolute atomic E-state index is 0.741. The molecule has 1 aliphatic carbocycles. The van der Waals surface area contributed by atoms with Gasteiger partial charge in [-0.25, -0.2) is 4.98 Å². The minimum Gasteiger partial charge on any atom is -0.353 e. The average Bonchev–Trinajstić information content (AvgIpc) is 2.89. The number of anilines is 1. The van der Waals surface area contributed by atoms with Gasteiger partial charge in [0.25, 0.3) is 0 Å². The Labute approximate surface area is 125 Å². The molecule has 0 amide bonds. The zero-order valence-electron chi connectivity index (χ0n) is 11.9. The maximum atomic E-state index is 4.58. The van der Waals surface area contributed by atoms with Crippen molar-refractivity contribution < 1.29 is 0 Å². The third-order valence-corrected chi connectivity index (χ3v) is 4.51. The molecule has 104 valence electrons. The first-order valence-electron chi connectivity index (χ1n) is 7.55. The van der Waals surface area contributed by atoms with Gasteiger partial charge in [0.1, 0.15) is 5.82 Å². The standard InChI is InChI=1S/C18H17N3/c1-4-16-13-21(17(16)5-1)18-9-8-15(12-20-18)7-6-14-3-2-10-19-11-14/h2-3,8-12,16-17H,1,4-5,13H2. The molecule has 21 heavy (non-hydrogen) atoms. The number of hydrogen-bond donors (Lipinski definition) is 0. The molecule has 2 aliphatic rings. The van der Waals surface area contributed by atoms with Gasteiger partial charge in [-0.05, 0) is 43.0 Å². The van der Waals surface area contributed by atoms with E-state index in [0.29, 0.717) is 0 Å². The van der Waals surface area contributed by atoms with Gasteiger partial charge in [-0.2, -0.15) is 0 Å². The zero-order valence-corrected chi connectivity index (χ0v) is 11.9. The van der Waals surface area contributed by atoms with Crippen LogP contribution >= 0.6 is 0 Å². The van der Waals surface area contributed by atoms with E-state index in [0.717, 1.165) is 28.9 Å². The second-order valence-corrected chi connectivity index (χ2v) is 5.81. The van der Waals surface area contributed by atoms with Crippen molar-refractivity contribution in [3.8, 4) is 11.8 Å². The van der Waals surface area contributed by atoms with Gasteiger partial charge in [-0.15, -0.1) is 0 Å². The van der Waals surface area contributed by atoms with Crippen LogP contribution in [0.4, 0.5) is 5.82 Å². The van der Waals surface area contributed by atoms with Crippen LogP contribution in [0.15, 0.2) is 42.9 Å². The second-order valence-electron chi connectivity index (χ2n) is 5.81. The third-order valence-electron chi connectivity index (χ3n) is 4.51. The molecular formula is C18H17N3. The maximum Gasteiger partial charge on any atom is 0.128 e. The van der Waals surface area contributed by atoms with E-state index in [2.05, 4.69) is 38.8 Å². The van der Waals surface area contributed by atoms with Crippen LogP contribution in [0.25, 0.3) is 0 Å². The van der Waals surface area contributed by atoms with Gasteiger partial charge in [0.2, 0.25) is 0 Å². The molecule has 3 nitrogen and oxygen atoms in total. The van der Waals surface area contributed by atoms with Crippen LogP contribution in [0, 0.1) is 17.8 Å². The van der Waals surface area contributed by atoms with Gasteiger partial charge in [0, 0.05) is 42.3 Å². The fourth-order valence-electron chi connectivity index (χ4n) is 3.36. The molecule has 2 fully saturated rings. The lowest BCUT2D eigenvalue weighted by Crippen LogP contribution is -2.53. The van der Waals surface area contributed by atoms with Crippen LogP contribution in [0.2, 0.25) is 0 Å². The minimum atomic E-state index is 0.741. The van der Waals surface area contributed by atoms with Crippen LogP contribution in [0.3, 0.4) is 0 Å². The first kappa shape index (κ1) is 12.4. The monoisotopic (exact) mass is 275 g/mol. The van der Waals surface area contributed by atoms with E-state index in [4.69, 9.17) is 0 Å². The summed E-state index contributed by atoms with van der Waals surface area (Å²) in [4.78, 5) is 11.1. The second kappa shape index (κ2) is 5.21. The van der Waals surface area contributed by atoms with Crippen molar-refractivity contribution in [1.82, 2.24) is 9.97 Å². The average molecular weight is 275 g/mol. The highest BCUT2D eigenvalue weighted by atomic mass is 15.3.